The van der Waals surface area contributed by atoms with Gasteiger partial charge in [-0.1, -0.05) is 5.18 Å². The van der Waals surface area contributed by atoms with E-state index in [4.69, 9.17) is 0 Å². The maximum Gasteiger partial charge on any atom is 0.270 e. The van der Waals surface area contributed by atoms with Crippen LogP contribution in [0.5, 0.6) is 0 Å². The van der Waals surface area contributed by atoms with Crippen LogP contribution in [0.2, 0.25) is 0 Å². The van der Waals surface area contributed by atoms with Gasteiger partial charge in [-0.2, -0.15) is 13.7 Å². The third-order valence-electron chi connectivity index (χ3n) is 3.29. The largest absolute Gasteiger partial charge is 0.291 e. The zero-order chi connectivity index (χ0) is 10.2. The van der Waals surface area contributed by atoms with Gasteiger partial charge in [0.15, 0.2) is 0 Å². The maximum atomic E-state index is 12.4. The first-order valence-corrected chi connectivity index (χ1v) is 4.75. The molecule has 2 aliphatic rings. The molecule has 78 valence electrons. The molecule has 0 saturated carbocycles. The van der Waals surface area contributed by atoms with Gasteiger partial charge in [0.1, 0.15) is 0 Å². The van der Waals surface area contributed by atoms with E-state index in [1.807, 2.05) is 4.90 Å². The molecule has 0 bridgehead atoms. The first kappa shape index (κ1) is 9.71. The van der Waals surface area contributed by atoms with Gasteiger partial charge >= 0.3 is 0 Å². The normalized spacial score (nSPS) is 32.0. The molecule has 2 fully saturated rings. The molecular formula is C9H12F2N2O. The predicted molar refractivity (Wildman–Crippen MR) is 48.1 cm³/mol. The first-order valence-electron chi connectivity index (χ1n) is 4.75. The lowest BCUT2D eigenvalue weighted by Gasteiger charge is -2.28. The molecule has 1 unspecified atom stereocenters. The first-order chi connectivity index (χ1) is 6.68. The number of rotatable bonds is 2. The van der Waals surface area contributed by atoms with Crippen molar-refractivity contribution in [2.75, 3.05) is 19.6 Å². The average Bonchev–Trinajstić information content (AvgIpc) is 2.60. The molecule has 0 N–H and O–H groups in total. The van der Waals surface area contributed by atoms with Crippen LogP contribution in [0.1, 0.15) is 19.3 Å². The van der Waals surface area contributed by atoms with Crippen LogP contribution in [0.4, 0.5) is 8.78 Å². The molecule has 0 aromatic heterocycles. The molecule has 3 nitrogen and oxygen atoms in total. The Morgan fingerprint density at radius 1 is 1.57 bits per heavy atom. The van der Waals surface area contributed by atoms with E-state index >= 15 is 0 Å². The van der Waals surface area contributed by atoms with E-state index in [-0.39, 0.29) is 17.7 Å². The van der Waals surface area contributed by atoms with Crippen LogP contribution < -0.4 is 0 Å². The van der Waals surface area contributed by atoms with E-state index < -0.39 is 6.08 Å². The summed E-state index contributed by atoms with van der Waals surface area (Å²) < 4.78 is 24.8. The maximum absolute atomic E-state index is 12.4. The lowest BCUT2D eigenvalue weighted by atomic mass is 9.93. The third-order valence-corrected chi connectivity index (χ3v) is 3.29. The molecular weight excluding hydrogens is 190 g/mol. The standard InChI is InChI=1S/C9H12F2N2O/c10-8(11)7-4-9(6-12-14)2-1-3-13(9)5-7/h1-6H2. The number of nitroso groups, excluding NO2 is 1. The van der Waals surface area contributed by atoms with Crippen LogP contribution >= 0.6 is 0 Å². The molecule has 2 rings (SSSR count). The Labute approximate surface area is 80.7 Å². The van der Waals surface area contributed by atoms with Gasteiger partial charge in [-0.25, -0.2) is 0 Å². The molecule has 0 radical (unpaired) electrons. The Morgan fingerprint density at radius 3 is 3.00 bits per heavy atom. The summed E-state index contributed by atoms with van der Waals surface area (Å²) in [6.07, 6.45) is 0.539. The highest BCUT2D eigenvalue weighted by Gasteiger charge is 2.47. The second-order valence-corrected chi connectivity index (χ2v) is 4.08. The molecule has 1 atom stereocenters. The Bertz CT molecular complexity index is 289. The lowest BCUT2D eigenvalue weighted by molar-refractivity contribution is 0.204. The molecule has 2 heterocycles. The van der Waals surface area contributed by atoms with Crippen molar-refractivity contribution in [2.45, 2.75) is 24.8 Å². The Balaban J connectivity index is 2.23. The van der Waals surface area contributed by atoms with E-state index in [1.54, 1.807) is 0 Å². The molecule has 14 heavy (non-hydrogen) atoms. The van der Waals surface area contributed by atoms with E-state index in [0.717, 1.165) is 19.4 Å². The number of halogens is 2. The van der Waals surface area contributed by atoms with Crippen molar-refractivity contribution in [3.05, 3.63) is 16.6 Å². The highest BCUT2D eigenvalue weighted by molar-refractivity contribution is 5.21. The van der Waals surface area contributed by atoms with Crippen molar-refractivity contribution in [3.8, 4) is 0 Å². The molecule has 0 aromatic rings. The van der Waals surface area contributed by atoms with E-state index in [2.05, 4.69) is 5.18 Å². The zero-order valence-corrected chi connectivity index (χ0v) is 7.80. The SMILES string of the molecule is O=NCC12CCCN1CC(=C(F)F)C2. The Kier molecular flexibility index (Phi) is 2.34. The molecule has 5 heteroatoms. The molecule has 0 aromatic carbocycles. The van der Waals surface area contributed by atoms with Gasteiger partial charge in [0.05, 0.1) is 6.54 Å². The minimum absolute atomic E-state index is 0.143. The third kappa shape index (κ3) is 1.35. The van der Waals surface area contributed by atoms with Crippen molar-refractivity contribution in [2.24, 2.45) is 5.18 Å². The van der Waals surface area contributed by atoms with Crippen molar-refractivity contribution in [3.63, 3.8) is 0 Å². The average molecular weight is 202 g/mol. The summed E-state index contributed by atoms with van der Waals surface area (Å²) >= 11 is 0. The summed E-state index contributed by atoms with van der Waals surface area (Å²) in [5.74, 6) is 0. The molecule has 2 saturated heterocycles. The number of hydrogen-bond acceptors (Lipinski definition) is 3. The number of fused-ring (bicyclic) bond motifs is 1. The minimum Gasteiger partial charge on any atom is -0.291 e. The molecule has 0 amide bonds. The van der Waals surface area contributed by atoms with Crippen LogP contribution in [0.25, 0.3) is 0 Å². The van der Waals surface area contributed by atoms with E-state index in [9.17, 15) is 13.7 Å². The van der Waals surface area contributed by atoms with Crippen molar-refractivity contribution in [1.29, 1.82) is 0 Å². The molecule has 0 aliphatic carbocycles. The highest BCUT2D eigenvalue weighted by atomic mass is 19.3. The Hall–Kier alpha value is -0.840. The summed E-state index contributed by atoms with van der Waals surface area (Å²) in [5, 5.41) is 2.89. The number of hydrogen-bond donors (Lipinski definition) is 0. The van der Waals surface area contributed by atoms with Gasteiger partial charge in [0.2, 0.25) is 0 Å². The second kappa shape index (κ2) is 3.38. The summed E-state index contributed by atoms with van der Waals surface area (Å²) in [4.78, 5) is 12.3. The molecule has 0 spiro atoms. The van der Waals surface area contributed by atoms with Crippen LogP contribution in [0.15, 0.2) is 16.8 Å². The van der Waals surface area contributed by atoms with Crippen molar-refractivity contribution in [1.82, 2.24) is 4.90 Å². The topological polar surface area (TPSA) is 32.7 Å². The van der Waals surface area contributed by atoms with E-state index in [1.165, 1.54) is 0 Å². The molecule has 2 aliphatic heterocycles. The van der Waals surface area contributed by atoms with Crippen molar-refractivity contribution < 1.29 is 8.78 Å². The summed E-state index contributed by atoms with van der Waals surface area (Å²) in [6, 6.07) is 0. The number of nitrogens with zero attached hydrogens (tertiary/aromatic N) is 2. The van der Waals surface area contributed by atoms with Crippen LogP contribution in [0, 0.1) is 4.91 Å². The summed E-state index contributed by atoms with van der Waals surface area (Å²) in [7, 11) is 0. The Morgan fingerprint density at radius 2 is 2.36 bits per heavy atom. The van der Waals surface area contributed by atoms with Gasteiger partial charge in [-0.15, -0.1) is 0 Å². The van der Waals surface area contributed by atoms with Crippen LogP contribution in [0.3, 0.4) is 0 Å². The lowest BCUT2D eigenvalue weighted by Crippen LogP contribution is -2.40. The second-order valence-electron chi connectivity index (χ2n) is 4.08. The van der Waals surface area contributed by atoms with Gasteiger partial charge < -0.3 is 0 Å². The van der Waals surface area contributed by atoms with Crippen molar-refractivity contribution >= 4 is 0 Å². The van der Waals surface area contributed by atoms with Gasteiger partial charge in [-0.3, -0.25) is 4.90 Å². The summed E-state index contributed by atoms with van der Waals surface area (Å²) in [5.41, 5.74) is -0.186. The highest BCUT2D eigenvalue weighted by Crippen LogP contribution is 2.42. The van der Waals surface area contributed by atoms with Crippen LogP contribution in [-0.2, 0) is 0 Å². The monoisotopic (exact) mass is 202 g/mol. The quantitative estimate of drug-likeness (QED) is 0.642. The summed E-state index contributed by atoms with van der Waals surface area (Å²) in [6.45, 7) is 1.27. The minimum atomic E-state index is -1.58. The predicted octanol–water partition coefficient (Wildman–Crippen LogP) is 2.14. The van der Waals surface area contributed by atoms with Gasteiger partial charge in [0, 0.05) is 17.7 Å². The van der Waals surface area contributed by atoms with Gasteiger partial charge in [0.25, 0.3) is 6.08 Å². The van der Waals surface area contributed by atoms with Gasteiger partial charge in [-0.05, 0) is 25.8 Å². The fraction of sp³-hybridized carbons (Fsp3) is 0.778. The zero-order valence-electron chi connectivity index (χ0n) is 7.80. The van der Waals surface area contributed by atoms with Crippen LogP contribution in [-0.4, -0.2) is 30.1 Å². The van der Waals surface area contributed by atoms with E-state index in [0.29, 0.717) is 13.0 Å². The fourth-order valence-corrected chi connectivity index (χ4v) is 2.61. The fourth-order valence-electron chi connectivity index (χ4n) is 2.61. The smallest absolute Gasteiger partial charge is 0.270 e.